The predicted molar refractivity (Wildman–Crippen MR) is 81.4 cm³/mol. The SMILES string of the molecule is COC(=O)CN(C(C)C)S(=O)(=O)c1c(N)ccc(C)c1C. The lowest BCUT2D eigenvalue weighted by molar-refractivity contribution is -0.141. The minimum Gasteiger partial charge on any atom is -0.468 e. The molecule has 0 heterocycles. The fourth-order valence-electron chi connectivity index (χ4n) is 2.01. The van der Waals surface area contributed by atoms with Crippen LogP contribution in [0.4, 0.5) is 5.69 Å². The molecule has 0 aliphatic carbocycles. The Morgan fingerprint density at radius 3 is 2.38 bits per heavy atom. The zero-order valence-corrected chi connectivity index (χ0v) is 13.8. The van der Waals surface area contributed by atoms with E-state index < -0.39 is 22.0 Å². The van der Waals surface area contributed by atoms with Gasteiger partial charge in [0.2, 0.25) is 10.0 Å². The summed E-state index contributed by atoms with van der Waals surface area (Å²) in [6.07, 6.45) is 0. The molecule has 0 fully saturated rings. The monoisotopic (exact) mass is 314 g/mol. The van der Waals surface area contributed by atoms with Gasteiger partial charge in [0.25, 0.3) is 0 Å². The molecule has 118 valence electrons. The zero-order valence-electron chi connectivity index (χ0n) is 13.0. The molecule has 0 saturated heterocycles. The van der Waals surface area contributed by atoms with E-state index in [0.29, 0.717) is 5.56 Å². The Hall–Kier alpha value is -1.60. The van der Waals surface area contributed by atoms with E-state index in [4.69, 9.17) is 5.73 Å². The zero-order chi connectivity index (χ0) is 16.4. The van der Waals surface area contributed by atoms with Crippen LogP contribution in [0.3, 0.4) is 0 Å². The maximum atomic E-state index is 12.9. The van der Waals surface area contributed by atoms with Crippen molar-refractivity contribution in [2.75, 3.05) is 19.4 Å². The standard InChI is InChI=1S/C14H22N2O4S/c1-9(2)16(8-13(17)20-5)21(18,19)14-11(4)10(3)6-7-12(14)15/h6-7,9H,8,15H2,1-5H3. The highest BCUT2D eigenvalue weighted by Crippen LogP contribution is 2.29. The summed E-state index contributed by atoms with van der Waals surface area (Å²) >= 11 is 0. The molecule has 0 radical (unpaired) electrons. The van der Waals surface area contributed by atoms with Gasteiger partial charge in [-0.05, 0) is 44.9 Å². The summed E-state index contributed by atoms with van der Waals surface area (Å²) in [5.74, 6) is -0.615. The molecule has 1 aromatic carbocycles. The van der Waals surface area contributed by atoms with E-state index >= 15 is 0 Å². The number of rotatable bonds is 5. The van der Waals surface area contributed by atoms with Gasteiger partial charge in [0.15, 0.2) is 0 Å². The van der Waals surface area contributed by atoms with Crippen molar-refractivity contribution in [2.45, 2.75) is 38.6 Å². The molecule has 6 nitrogen and oxygen atoms in total. The van der Waals surface area contributed by atoms with Crippen LogP contribution in [0.1, 0.15) is 25.0 Å². The number of sulfonamides is 1. The Kier molecular flexibility index (Phi) is 5.36. The third-order valence-electron chi connectivity index (χ3n) is 3.36. The molecular weight excluding hydrogens is 292 g/mol. The fraction of sp³-hybridized carbons (Fsp3) is 0.500. The summed E-state index contributed by atoms with van der Waals surface area (Å²) in [6.45, 7) is 6.57. The number of anilines is 1. The Labute approximate surface area is 125 Å². The van der Waals surface area contributed by atoms with Crippen LogP contribution in [-0.2, 0) is 19.6 Å². The van der Waals surface area contributed by atoms with Crippen LogP contribution >= 0.6 is 0 Å². The summed E-state index contributed by atoms with van der Waals surface area (Å²) in [7, 11) is -2.66. The first-order valence-corrected chi connectivity index (χ1v) is 8.01. The predicted octanol–water partition coefficient (Wildman–Crippen LogP) is 1.46. The molecule has 0 amide bonds. The fourth-order valence-corrected chi connectivity index (χ4v) is 3.99. The second-order valence-corrected chi connectivity index (χ2v) is 6.97. The lowest BCUT2D eigenvalue weighted by Crippen LogP contribution is -2.41. The highest BCUT2D eigenvalue weighted by Gasteiger charge is 2.32. The van der Waals surface area contributed by atoms with Gasteiger partial charge in [0, 0.05) is 6.04 Å². The first-order chi connectivity index (χ1) is 9.62. The van der Waals surface area contributed by atoms with Crippen molar-refractivity contribution in [2.24, 2.45) is 0 Å². The molecule has 1 aromatic rings. The molecule has 0 aliphatic heterocycles. The molecule has 1 rings (SSSR count). The molecule has 0 spiro atoms. The smallest absolute Gasteiger partial charge is 0.321 e. The third-order valence-corrected chi connectivity index (χ3v) is 5.59. The van der Waals surface area contributed by atoms with E-state index in [9.17, 15) is 13.2 Å². The van der Waals surface area contributed by atoms with Crippen molar-refractivity contribution < 1.29 is 17.9 Å². The largest absolute Gasteiger partial charge is 0.468 e. The van der Waals surface area contributed by atoms with Gasteiger partial charge in [-0.15, -0.1) is 0 Å². The van der Waals surface area contributed by atoms with E-state index in [1.807, 2.05) is 6.92 Å². The van der Waals surface area contributed by atoms with Gasteiger partial charge in [-0.25, -0.2) is 8.42 Å². The number of nitrogens with zero attached hydrogens (tertiary/aromatic N) is 1. The minimum atomic E-state index is -3.88. The molecule has 0 unspecified atom stereocenters. The van der Waals surface area contributed by atoms with Crippen LogP contribution in [0.25, 0.3) is 0 Å². The number of carbonyl (C=O) groups is 1. The number of ether oxygens (including phenoxy) is 1. The molecule has 7 heteroatoms. The highest BCUT2D eigenvalue weighted by molar-refractivity contribution is 7.89. The summed E-state index contributed by atoms with van der Waals surface area (Å²) in [4.78, 5) is 11.5. The maximum Gasteiger partial charge on any atom is 0.321 e. The van der Waals surface area contributed by atoms with Crippen molar-refractivity contribution in [1.82, 2.24) is 4.31 Å². The average molecular weight is 314 g/mol. The number of carbonyl (C=O) groups excluding carboxylic acids is 1. The molecular formula is C14H22N2O4S. The number of aryl methyl sites for hydroxylation is 1. The lowest BCUT2D eigenvalue weighted by atomic mass is 10.1. The lowest BCUT2D eigenvalue weighted by Gasteiger charge is -2.26. The topological polar surface area (TPSA) is 89.7 Å². The van der Waals surface area contributed by atoms with Crippen molar-refractivity contribution in [3.05, 3.63) is 23.3 Å². The Morgan fingerprint density at radius 1 is 1.33 bits per heavy atom. The van der Waals surface area contributed by atoms with Gasteiger partial charge in [-0.3, -0.25) is 4.79 Å². The first-order valence-electron chi connectivity index (χ1n) is 6.57. The number of hydrogen-bond acceptors (Lipinski definition) is 5. The van der Waals surface area contributed by atoms with Crippen LogP contribution in [0, 0.1) is 13.8 Å². The molecule has 0 bridgehead atoms. The molecule has 0 saturated carbocycles. The second-order valence-electron chi connectivity index (χ2n) is 5.15. The number of nitrogen functional groups attached to an aromatic ring is 1. The van der Waals surface area contributed by atoms with E-state index in [1.165, 1.54) is 7.11 Å². The van der Waals surface area contributed by atoms with Gasteiger partial charge in [0.1, 0.15) is 11.4 Å². The Bertz CT molecular complexity index is 639. The first kappa shape index (κ1) is 17.5. The average Bonchev–Trinajstić information content (AvgIpc) is 2.39. The third kappa shape index (κ3) is 3.54. The van der Waals surface area contributed by atoms with Gasteiger partial charge in [0.05, 0.1) is 12.8 Å². The van der Waals surface area contributed by atoms with E-state index in [-0.39, 0.29) is 17.1 Å². The summed E-state index contributed by atoms with van der Waals surface area (Å²) < 4.78 is 31.4. The Morgan fingerprint density at radius 2 is 1.90 bits per heavy atom. The van der Waals surface area contributed by atoms with Crippen LogP contribution in [0.2, 0.25) is 0 Å². The molecule has 2 N–H and O–H groups in total. The van der Waals surface area contributed by atoms with Crippen LogP contribution in [0.15, 0.2) is 17.0 Å². The van der Waals surface area contributed by atoms with Crippen LogP contribution in [0.5, 0.6) is 0 Å². The minimum absolute atomic E-state index is 0.0557. The summed E-state index contributed by atoms with van der Waals surface area (Å²) in [5, 5.41) is 0. The number of nitrogens with two attached hydrogens (primary N) is 1. The van der Waals surface area contributed by atoms with E-state index in [1.54, 1.807) is 32.9 Å². The highest BCUT2D eigenvalue weighted by atomic mass is 32.2. The Balaban J connectivity index is 3.44. The van der Waals surface area contributed by atoms with Crippen molar-refractivity contribution in [1.29, 1.82) is 0 Å². The normalized spacial score (nSPS) is 12.0. The van der Waals surface area contributed by atoms with Crippen molar-refractivity contribution in [3.8, 4) is 0 Å². The van der Waals surface area contributed by atoms with E-state index in [2.05, 4.69) is 4.74 Å². The van der Waals surface area contributed by atoms with Gasteiger partial charge < -0.3 is 10.5 Å². The quantitative estimate of drug-likeness (QED) is 0.656. The van der Waals surface area contributed by atoms with Gasteiger partial charge in [-0.1, -0.05) is 6.07 Å². The number of esters is 1. The summed E-state index contributed by atoms with van der Waals surface area (Å²) in [6, 6.07) is 2.93. The number of benzene rings is 1. The maximum absolute atomic E-state index is 12.9. The van der Waals surface area contributed by atoms with E-state index in [0.717, 1.165) is 9.87 Å². The number of hydrogen-bond donors (Lipinski definition) is 1. The van der Waals surface area contributed by atoms with Crippen molar-refractivity contribution >= 4 is 21.7 Å². The summed E-state index contributed by atoms with van der Waals surface area (Å²) in [5.41, 5.74) is 7.44. The van der Waals surface area contributed by atoms with Crippen molar-refractivity contribution in [3.63, 3.8) is 0 Å². The van der Waals surface area contributed by atoms with Gasteiger partial charge >= 0.3 is 5.97 Å². The number of methoxy groups -OCH3 is 1. The second kappa shape index (κ2) is 6.44. The molecule has 21 heavy (non-hydrogen) atoms. The molecule has 0 aromatic heterocycles. The molecule has 0 aliphatic rings. The molecule has 0 atom stereocenters. The van der Waals surface area contributed by atoms with Gasteiger partial charge in [-0.2, -0.15) is 4.31 Å². The van der Waals surface area contributed by atoms with Crippen LogP contribution < -0.4 is 5.73 Å². The van der Waals surface area contributed by atoms with Crippen LogP contribution in [-0.4, -0.2) is 38.4 Å².